The van der Waals surface area contributed by atoms with Crippen molar-refractivity contribution in [3.63, 3.8) is 0 Å². The fourth-order valence-electron chi connectivity index (χ4n) is 2.06. The SMILES string of the molecule is CCNC(CC)CCCOc1ccc(C)c(C)c1. The second-order valence-electron chi connectivity index (χ2n) is 4.90. The zero-order valence-corrected chi connectivity index (χ0v) is 12.3. The van der Waals surface area contributed by atoms with E-state index in [1.54, 1.807) is 0 Å². The van der Waals surface area contributed by atoms with Crippen LogP contribution in [-0.4, -0.2) is 19.2 Å². The van der Waals surface area contributed by atoms with Crippen LogP contribution < -0.4 is 10.1 Å². The quantitative estimate of drug-likeness (QED) is 0.707. The molecule has 0 bridgehead atoms. The first-order chi connectivity index (χ1) is 8.67. The first-order valence-corrected chi connectivity index (χ1v) is 7.10. The highest BCUT2D eigenvalue weighted by atomic mass is 16.5. The molecule has 0 amide bonds. The summed E-state index contributed by atoms with van der Waals surface area (Å²) >= 11 is 0. The fourth-order valence-corrected chi connectivity index (χ4v) is 2.06. The van der Waals surface area contributed by atoms with Crippen LogP contribution in [0.15, 0.2) is 18.2 Å². The van der Waals surface area contributed by atoms with Crippen LogP contribution in [-0.2, 0) is 0 Å². The van der Waals surface area contributed by atoms with E-state index < -0.39 is 0 Å². The van der Waals surface area contributed by atoms with Crippen molar-refractivity contribution in [2.45, 2.75) is 53.0 Å². The van der Waals surface area contributed by atoms with Crippen molar-refractivity contribution >= 4 is 0 Å². The van der Waals surface area contributed by atoms with Crippen molar-refractivity contribution in [2.75, 3.05) is 13.2 Å². The first kappa shape index (κ1) is 15.0. The molecule has 1 unspecified atom stereocenters. The van der Waals surface area contributed by atoms with Gasteiger partial charge in [-0.1, -0.05) is 19.9 Å². The van der Waals surface area contributed by atoms with Crippen LogP contribution in [0, 0.1) is 13.8 Å². The Kier molecular flexibility index (Phi) is 6.81. The number of ether oxygens (including phenoxy) is 1. The van der Waals surface area contributed by atoms with E-state index in [1.807, 2.05) is 0 Å². The molecule has 0 saturated carbocycles. The number of hydrogen-bond donors (Lipinski definition) is 1. The van der Waals surface area contributed by atoms with Gasteiger partial charge in [-0.3, -0.25) is 0 Å². The Bertz CT molecular complexity index is 349. The van der Waals surface area contributed by atoms with Gasteiger partial charge in [-0.2, -0.15) is 0 Å². The van der Waals surface area contributed by atoms with Gasteiger partial charge >= 0.3 is 0 Å². The minimum Gasteiger partial charge on any atom is -0.494 e. The molecule has 0 aliphatic rings. The standard InChI is InChI=1S/C16H27NO/c1-5-15(17-6-2)8-7-11-18-16-10-9-13(3)14(4)12-16/h9-10,12,15,17H,5-8,11H2,1-4H3. The highest BCUT2D eigenvalue weighted by molar-refractivity contribution is 5.33. The number of rotatable bonds is 8. The summed E-state index contributed by atoms with van der Waals surface area (Å²) in [5, 5.41) is 3.49. The minimum absolute atomic E-state index is 0.637. The van der Waals surface area contributed by atoms with Crippen LogP contribution in [0.5, 0.6) is 5.75 Å². The molecule has 1 aromatic rings. The topological polar surface area (TPSA) is 21.3 Å². The molecule has 0 heterocycles. The molecule has 0 aromatic heterocycles. The van der Waals surface area contributed by atoms with Crippen LogP contribution in [0.3, 0.4) is 0 Å². The molecule has 0 saturated heterocycles. The Morgan fingerprint density at radius 1 is 1.17 bits per heavy atom. The van der Waals surface area contributed by atoms with Crippen LogP contribution in [0.1, 0.15) is 44.2 Å². The van der Waals surface area contributed by atoms with E-state index in [9.17, 15) is 0 Å². The monoisotopic (exact) mass is 249 g/mol. The molecule has 18 heavy (non-hydrogen) atoms. The van der Waals surface area contributed by atoms with Gasteiger partial charge in [0.05, 0.1) is 6.61 Å². The van der Waals surface area contributed by atoms with Crippen molar-refractivity contribution in [3.05, 3.63) is 29.3 Å². The Balaban J connectivity index is 2.26. The van der Waals surface area contributed by atoms with Gasteiger partial charge in [0.1, 0.15) is 5.75 Å². The van der Waals surface area contributed by atoms with Gasteiger partial charge in [0, 0.05) is 6.04 Å². The summed E-state index contributed by atoms with van der Waals surface area (Å²) in [6.45, 7) is 10.5. The van der Waals surface area contributed by atoms with Crippen molar-refractivity contribution in [2.24, 2.45) is 0 Å². The highest BCUT2D eigenvalue weighted by Gasteiger charge is 2.04. The zero-order chi connectivity index (χ0) is 13.4. The van der Waals surface area contributed by atoms with Crippen LogP contribution in [0.2, 0.25) is 0 Å². The molecule has 1 N–H and O–H groups in total. The highest BCUT2D eigenvalue weighted by Crippen LogP contribution is 2.16. The lowest BCUT2D eigenvalue weighted by Gasteiger charge is -2.15. The summed E-state index contributed by atoms with van der Waals surface area (Å²) in [5.74, 6) is 0.995. The predicted molar refractivity (Wildman–Crippen MR) is 78.4 cm³/mol. The minimum atomic E-state index is 0.637. The maximum absolute atomic E-state index is 5.79. The predicted octanol–water partition coefficient (Wildman–Crippen LogP) is 3.85. The molecule has 1 aromatic carbocycles. The molecule has 0 radical (unpaired) electrons. The lowest BCUT2D eigenvalue weighted by atomic mass is 10.1. The summed E-state index contributed by atoms with van der Waals surface area (Å²) in [6, 6.07) is 6.94. The molecule has 102 valence electrons. The molecule has 0 aliphatic carbocycles. The van der Waals surface area contributed by atoms with Crippen molar-refractivity contribution < 1.29 is 4.74 Å². The Morgan fingerprint density at radius 2 is 1.94 bits per heavy atom. The van der Waals surface area contributed by atoms with Crippen LogP contribution in [0.25, 0.3) is 0 Å². The van der Waals surface area contributed by atoms with Crippen LogP contribution in [0.4, 0.5) is 0 Å². The average molecular weight is 249 g/mol. The largest absolute Gasteiger partial charge is 0.494 e. The normalized spacial score (nSPS) is 12.4. The maximum atomic E-state index is 5.79. The average Bonchev–Trinajstić information content (AvgIpc) is 2.37. The second kappa shape index (κ2) is 8.15. The second-order valence-corrected chi connectivity index (χ2v) is 4.90. The molecule has 1 atom stereocenters. The van der Waals surface area contributed by atoms with E-state index in [0.29, 0.717) is 6.04 Å². The fraction of sp³-hybridized carbons (Fsp3) is 0.625. The molecule has 2 heteroatoms. The number of hydrogen-bond acceptors (Lipinski definition) is 2. The van der Waals surface area contributed by atoms with E-state index in [0.717, 1.165) is 25.3 Å². The summed E-state index contributed by atoms with van der Waals surface area (Å²) in [7, 11) is 0. The van der Waals surface area contributed by atoms with Crippen molar-refractivity contribution in [1.29, 1.82) is 0 Å². The van der Waals surface area contributed by atoms with Gasteiger partial charge in [-0.15, -0.1) is 0 Å². The number of benzene rings is 1. The molecular formula is C16H27NO. The Morgan fingerprint density at radius 3 is 2.56 bits per heavy atom. The van der Waals surface area contributed by atoms with Gasteiger partial charge < -0.3 is 10.1 Å². The van der Waals surface area contributed by atoms with E-state index in [-0.39, 0.29) is 0 Å². The van der Waals surface area contributed by atoms with Crippen LogP contribution >= 0.6 is 0 Å². The van der Waals surface area contributed by atoms with Gasteiger partial charge in [0.2, 0.25) is 0 Å². The molecule has 0 aliphatic heterocycles. The van der Waals surface area contributed by atoms with Crippen molar-refractivity contribution in [1.82, 2.24) is 5.32 Å². The van der Waals surface area contributed by atoms with Gasteiger partial charge in [-0.25, -0.2) is 0 Å². The number of nitrogens with one attached hydrogen (secondary N) is 1. The molecule has 0 fully saturated rings. The van der Waals surface area contributed by atoms with E-state index >= 15 is 0 Å². The van der Waals surface area contributed by atoms with Gasteiger partial charge in [0.25, 0.3) is 0 Å². The summed E-state index contributed by atoms with van der Waals surface area (Å²) < 4.78 is 5.79. The smallest absolute Gasteiger partial charge is 0.119 e. The molecule has 1 rings (SSSR count). The summed E-state index contributed by atoms with van der Waals surface area (Å²) in [4.78, 5) is 0. The third-order valence-corrected chi connectivity index (χ3v) is 3.43. The summed E-state index contributed by atoms with van der Waals surface area (Å²) in [5.41, 5.74) is 2.62. The van der Waals surface area contributed by atoms with Crippen molar-refractivity contribution in [3.8, 4) is 5.75 Å². The maximum Gasteiger partial charge on any atom is 0.119 e. The van der Waals surface area contributed by atoms with Gasteiger partial charge in [-0.05, 0) is 62.9 Å². The third kappa shape index (κ3) is 5.09. The van der Waals surface area contributed by atoms with E-state index in [2.05, 4.69) is 51.2 Å². The molecular weight excluding hydrogens is 222 g/mol. The summed E-state index contributed by atoms with van der Waals surface area (Å²) in [6.07, 6.45) is 3.49. The lowest BCUT2D eigenvalue weighted by molar-refractivity contribution is 0.294. The lowest BCUT2D eigenvalue weighted by Crippen LogP contribution is -2.28. The Labute approximate surface area is 112 Å². The molecule has 2 nitrogen and oxygen atoms in total. The van der Waals surface area contributed by atoms with E-state index in [4.69, 9.17) is 4.74 Å². The number of aryl methyl sites for hydroxylation is 2. The molecule has 0 spiro atoms. The third-order valence-electron chi connectivity index (χ3n) is 3.43. The first-order valence-electron chi connectivity index (χ1n) is 7.10. The Hall–Kier alpha value is -1.02. The van der Waals surface area contributed by atoms with Gasteiger partial charge in [0.15, 0.2) is 0 Å². The zero-order valence-electron chi connectivity index (χ0n) is 12.3. The van der Waals surface area contributed by atoms with E-state index in [1.165, 1.54) is 24.0 Å².